The normalized spacial score (nSPS) is 13.4. The summed E-state index contributed by atoms with van der Waals surface area (Å²) in [5.74, 6) is 0.586. The Morgan fingerprint density at radius 1 is 1.35 bits per heavy atom. The van der Waals surface area contributed by atoms with E-state index < -0.39 is 9.84 Å². The highest BCUT2D eigenvalue weighted by molar-refractivity contribution is 7.90. The van der Waals surface area contributed by atoms with Gasteiger partial charge in [0.05, 0.1) is 18.1 Å². The van der Waals surface area contributed by atoms with E-state index in [0.717, 1.165) is 6.26 Å². The van der Waals surface area contributed by atoms with Crippen molar-refractivity contribution in [1.29, 1.82) is 0 Å². The minimum absolute atomic E-state index is 0.0730. The Bertz CT molecular complexity index is 441. The lowest BCUT2D eigenvalue weighted by atomic mass is 10.2. The highest BCUT2D eigenvalue weighted by Crippen LogP contribution is 2.15. The number of rotatable bonds is 6. The molecular weight excluding hydrogens is 242 g/mol. The third kappa shape index (κ3) is 4.72. The van der Waals surface area contributed by atoms with Crippen LogP contribution in [-0.2, 0) is 9.84 Å². The molecule has 0 aliphatic rings. The molecule has 0 bridgehead atoms. The molecule has 0 saturated heterocycles. The maximum absolute atomic E-state index is 11.2. The van der Waals surface area contributed by atoms with E-state index in [2.05, 4.69) is 0 Å². The summed E-state index contributed by atoms with van der Waals surface area (Å²) in [5, 5.41) is 8.71. The van der Waals surface area contributed by atoms with Gasteiger partial charge in [0.25, 0.3) is 0 Å². The second-order valence-corrected chi connectivity index (χ2v) is 5.84. The number of ether oxygens (including phenoxy) is 1. The van der Waals surface area contributed by atoms with Crippen molar-refractivity contribution in [3.63, 3.8) is 0 Å². The van der Waals surface area contributed by atoms with Gasteiger partial charge in [0.15, 0.2) is 9.84 Å². The summed E-state index contributed by atoms with van der Waals surface area (Å²) in [4.78, 5) is 0.261. The predicted octanol–water partition coefficient (Wildman–Crippen LogP) is 0.179. The molecule has 0 aliphatic carbocycles. The third-order valence-electron chi connectivity index (χ3n) is 2.24. The number of nitrogens with two attached hydrogens (primary N) is 1. The lowest BCUT2D eigenvalue weighted by Crippen LogP contribution is -2.26. The highest BCUT2D eigenvalue weighted by Gasteiger charge is 2.06. The van der Waals surface area contributed by atoms with Crippen molar-refractivity contribution in [3.05, 3.63) is 24.3 Å². The lowest BCUT2D eigenvalue weighted by Gasteiger charge is -2.09. The van der Waals surface area contributed by atoms with Gasteiger partial charge in [-0.05, 0) is 30.7 Å². The van der Waals surface area contributed by atoms with E-state index in [1.165, 1.54) is 12.1 Å². The highest BCUT2D eigenvalue weighted by atomic mass is 32.2. The molecule has 0 spiro atoms. The van der Waals surface area contributed by atoms with Crippen molar-refractivity contribution in [2.75, 3.05) is 19.5 Å². The number of hydrogen-bond acceptors (Lipinski definition) is 5. The smallest absolute Gasteiger partial charge is 0.175 e. The average molecular weight is 259 g/mol. The van der Waals surface area contributed by atoms with Crippen LogP contribution in [0, 0.1) is 0 Å². The topological polar surface area (TPSA) is 89.6 Å². The molecule has 96 valence electrons. The van der Waals surface area contributed by atoms with Crippen molar-refractivity contribution < 1.29 is 18.3 Å². The second kappa shape index (κ2) is 6.00. The van der Waals surface area contributed by atoms with Crippen LogP contribution < -0.4 is 10.5 Å². The molecule has 0 aliphatic heterocycles. The van der Waals surface area contributed by atoms with Crippen molar-refractivity contribution in [2.24, 2.45) is 5.73 Å². The van der Waals surface area contributed by atoms with E-state index in [1.807, 2.05) is 0 Å². The van der Waals surface area contributed by atoms with Gasteiger partial charge in [0.2, 0.25) is 0 Å². The van der Waals surface area contributed by atoms with Gasteiger partial charge in [-0.1, -0.05) is 0 Å². The molecule has 3 N–H and O–H groups in total. The summed E-state index contributed by atoms with van der Waals surface area (Å²) in [6, 6.07) is 5.90. The Morgan fingerprint density at radius 3 is 2.41 bits per heavy atom. The first-order valence-corrected chi connectivity index (χ1v) is 7.12. The standard InChI is InChI=1S/C11H17NO4S/c1-17(14,15)11-4-2-10(3-5-11)16-7-6-9(12)8-13/h2-5,9,13H,6-8,12H2,1H3. The van der Waals surface area contributed by atoms with Crippen LogP contribution >= 0.6 is 0 Å². The molecule has 0 fully saturated rings. The maximum Gasteiger partial charge on any atom is 0.175 e. The zero-order valence-electron chi connectivity index (χ0n) is 9.67. The molecule has 0 aromatic heterocycles. The van der Waals surface area contributed by atoms with Crippen LogP contribution in [-0.4, -0.2) is 39.0 Å². The Kier molecular flexibility index (Phi) is 4.92. The molecule has 0 radical (unpaired) electrons. The first kappa shape index (κ1) is 14.0. The second-order valence-electron chi connectivity index (χ2n) is 3.82. The third-order valence-corrected chi connectivity index (χ3v) is 3.37. The molecule has 0 amide bonds. The molecule has 1 aromatic carbocycles. The SMILES string of the molecule is CS(=O)(=O)c1ccc(OCCC(N)CO)cc1. The van der Waals surface area contributed by atoms with E-state index in [-0.39, 0.29) is 17.5 Å². The molecular formula is C11H17NO4S. The summed E-state index contributed by atoms with van der Waals surface area (Å²) < 4.78 is 27.8. The predicted molar refractivity (Wildman–Crippen MR) is 64.7 cm³/mol. The van der Waals surface area contributed by atoms with Crippen molar-refractivity contribution in [2.45, 2.75) is 17.4 Å². The molecule has 1 atom stereocenters. The number of aliphatic hydroxyl groups excluding tert-OH is 1. The Morgan fingerprint density at radius 2 is 1.94 bits per heavy atom. The van der Waals surface area contributed by atoms with Gasteiger partial charge in [-0.15, -0.1) is 0 Å². The molecule has 5 nitrogen and oxygen atoms in total. The van der Waals surface area contributed by atoms with Crippen LogP contribution in [0.2, 0.25) is 0 Å². The monoisotopic (exact) mass is 259 g/mol. The van der Waals surface area contributed by atoms with Gasteiger partial charge < -0.3 is 15.6 Å². The summed E-state index contributed by atoms with van der Waals surface area (Å²) in [6.45, 7) is 0.316. The maximum atomic E-state index is 11.2. The van der Waals surface area contributed by atoms with Gasteiger partial charge in [0, 0.05) is 12.3 Å². The molecule has 1 unspecified atom stereocenters. The minimum Gasteiger partial charge on any atom is -0.494 e. The van der Waals surface area contributed by atoms with Crippen molar-refractivity contribution in [1.82, 2.24) is 0 Å². The van der Waals surface area contributed by atoms with E-state index in [9.17, 15) is 8.42 Å². The molecule has 1 aromatic rings. The van der Waals surface area contributed by atoms with Gasteiger partial charge in [-0.25, -0.2) is 8.42 Å². The van der Waals surface area contributed by atoms with Crippen LogP contribution in [0.1, 0.15) is 6.42 Å². The zero-order valence-corrected chi connectivity index (χ0v) is 10.5. The van der Waals surface area contributed by atoms with E-state index in [1.54, 1.807) is 12.1 Å². The fourth-order valence-electron chi connectivity index (χ4n) is 1.20. The first-order chi connectivity index (χ1) is 7.93. The van der Waals surface area contributed by atoms with Gasteiger partial charge in [-0.3, -0.25) is 0 Å². The van der Waals surface area contributed by atoms with Gasteiger partial charge >= 0.3 is 0 Å². The number of sulfone groups is 1. The fraction of sp³-hybridized carbons (Fsp3) is 0.455. The summed E-state index contributed by atoms with van der Waals surface area (Å²) >= 11 is 0. The average Bonchev–Trinajstić information content (AvgIpc) is 2.28. The van der Waals surface area contributed by atoms with Gasteiger partial charge in [0.1, 0.15) is 5.75 Å². The van der Waals surface area contributed by atoms with Crippen molar-refractivity contribution >= 4 is 9.84 Å². The van der Waals surface area contributed by atoms with E-state index in [4.69, 9.17) is 15.6 Å². The van der Waals surface area contributed by atoms with Crippen LogP contribution in [0.3, 0.4) is 0 Å². The molecule has 17 heavy (non-hydrogen) atoms. The van der Waals surface area contributed by atoms with Crippen LogP contribution in [0.25, 0.3) is 0 Å². The van der Waals surface area contributed by atoms with Crippen LogP contribution in [0.4, 0.5) is 0 Å². The van der Waals surface area contributed by atoms with Gasteiger partial charge in [-0.2, -0.15) is 0 Å². The summed E-state index contributed by atoms with van der Waals surface area (Å²) in [5.41, 5.74) is 5.51. The Hall–Kier alpha value is -1.11. The van der Waals surface area contributed by atoms with Crippen LogP contribution in [0.5, 0.6) is 5.75 Å². The Balaban J connectivity index is 2.52. The Labute approximate surface area is 101 Å². The van der Waals surface area contributed by atoms with Crippen molar-refractivity contribution in [3.8, 4) is 5.75 Å². The molecule has 1 rings (SSSR count). The summed E-state index contributed by atoms with van der Waals surface area (Å²) in [6.07, 6.45) is 1.70. The lowest BCUT2D eigenvalue weighted by molar-refractivity contribution is 0.230. The number of hydrogen-bond donors (Lipinski definition) is 2. The molecule has 0 saturated carbocycles. The zero-order chi connectivity index (χ0) is 12.9. The van der Waals surface area contributed by atoms with E-state index in [0.29, 0.717) is 18.8 Å². The van der Waals surface area contributed by atoms with E-state index >= 15 is 0 Å². The summed E-state index contributed by atoms with van der Waals surface area (Å²) in [7, 11) is -3.17. The largest absolute Gasteiger partial charge is 0.494 e. The quantitative estimate of drug-likeness (QED) is 0.760. The minimum atomic E-state index is -3.17. The molecule has 0 heterocycles. The first-order valence-electron chi connectivity index (χ1n) is 5.23. The molecule has 6 heteroatoms. The van der Waals surface area contributed by atoms with Crippen LogP contribution in [0.15, 0.2) is 29.2 Å². The fourth-order valence-corrected chi connectivity index (χ4v) is 1.83. The number of aliphatic hydroxyl groups is 1. The number of benzene rings is 1.